The topological polar surface area (TPSA) is 35.5 Å². The largest absolute Gasteiger partial charge is 0.348 e. The Morgan fingerprint density at radius 3 is 2.64 bits per heavy atom. The van der Waals surface area contributed by atoms with Gasteiger partial charge in [0.2, 0.25) is 0 Å². The molecule has 1 saturated heterocycles. The van der Waals surface area contributed by atoms with Gasteiger partial charge < -0.3 is 9.47 Å². The quantitative estimate of drug-likeness (QED) is 0.449. The molecule has 0 bridgehead atoms. The van der Waals surface area contributed by atoms with E-state index in [1.54, 1.807) is 6.08 Å². The minimum atomic E-state index is -0.500. The summed E-state index contributed by atoms with van der Waals surface area (Å²) in [7, 11) is 0. The van der Waals surface area contributed by atoms with Gasteiger partial charge in [-0.05, 0) is 13.0 Å². The third-order valence-electron chi connectivity index (χ3n) is 1.60. The lowest BCUT2D eigenvalue weighted by Gasteiger charge is -2.19. The SMILES string of the molecule is CC1(CC=CC=O)OCCO1. The first-order chi connectivity index (χ1) is 5.27. The monoisotopic (exact) mass is 156 g/mol. The number of ether oxygens (including phenoxy) is 2. The summed E-state index contributed by atoms with van der Waals surface area (Å²) in [4.78, 5) is 9.91. The van der Waals surface area contributed by atoms with Gasteiger partial charge in [-0.15, -0.1) is 0 Å². The van der Waals surface area contributed by atoms with Crippen molar-refractivity contribution in [3.8, 4) is 0 Å². The first-order valence-corrected chi connectivity index (χ1v) is 3.65. The smallest absolute Gasteiger partial charge is 0.169 e. The molecule has 3 nitrogen and oxygen atoms in total. The minimum absolute atomic E-state index is 0.500. The highest BCUT2D eigenvalue weighted by Crippen LogP contribution is 2.22. The summed E-state index contributed by atoms with van der Waals surface area (Å²) in [6.07, 6.45) is 4.58. The standard InChI is InChI=1S/C8H12O3/c1-8(4-2-3-5-9)10-6-7-11-8/h2-3,5H,4,6-7H2,1H3. The molecule has 0 unspecified atom stereocenters. The van der Waals surface area contributed by atoms with Crippen LogP contribution in [0.4, 0.5) is 0 Å². The average molecular weight is 156 g/mol. The molecule has 0 saturated carbocycles. The minimum Gasteiger partial charge on any atom is -0.348 e. The van der Waals surface area contributed by atoms with Crippen LogP contribution in [-0.4, -0.2) is 25.3 Å². The van der Waals surface area contributed by atoms with Gasteiger partial charge in [0.05, 0.1) is 13.2 Å². The maximum Gasteiger partial charge on any atom is 0.169 e. The summed E-state index contributed by atoms with van der Waals surface area (Å²) in [6.45, 7) is 3.16. The van der Waals surface area contributed by atoms with Gasteiger partial charge in [0.15, 0.2) is 5.79 Å². The molecular formula is C8H12O3. The van der Waals surface area contributed by atoms with Crippen molar-refractivity contribution >= 4 is 6.29 Å². The van der Waals surface area contributed by atoms with Crippen LogP contribution in [-0.2, 0) is 14.3 Å². The van der Waals surface area contributed by atoms with E-state index in [0.29, 0.717) is 19.6 Å². The van der Waals surface area contributed by atoms with Crippen molar-refractivity contribution in [3.63, 3.8) is 0 Å². The Morgan fingerprint density at radius 1 is 1.45 bits per heavy atom. The van der Waals surface area contributed by atoms with E-state index in [0.717, 1.165) is 6.29 Å². The lowest BCUT2D eigenvalue weighted by Crippen LogP contribution is -2.24. The molecular weight excluding hydrogens is 144 g/mol. The van der Waals surface area contributed by atoms with Crippen molar-refractivity contribution in [1.29, 1.82) is 0 Å². The number of carbonyl (C=O) groups is 1. The second kappa shape index (κ2) is 3.64. The van der Waals surface area contributed by atoms with Crippen LogP contribution in [0.5, 0.6) is 0 Å². The van der Waals surface area contributed by atoms with E-state index in [-0.39, 0.29) is 0 Å². The van der Waals surface area contributed by atoms with E-state index in [2.05, 4.69) is 0 Å². The Hall–Kier alpha value is -0.670. The summed E-state index contributed by atoms with van der Waals surface area (Å²) in [6, 6.07) is 0. The Morgan fingerprint density at radius 2 is 2.09 bits per heavy atom. The molecule has 1 aliphatic heterocycles. The second-order valence-corrected chi connectivity index (χ2v) is 2.60. The van der Waals surface area contributed by atoms with Crippen molar-refractivity contribution in [2.24, 2.45) is 0 Å². The van der Waals surface area contributed by atoms with Gasteiger partial charge in [-0.3, -0.25) is 4.79 Å². The summed E-state index contributed by atoms with van der Waals surface area (Å²) >= 11 is 0. The van der Waals surface area contributed by atoms with E-state index in [1.165, 1.54) is 6.08 Å². The molecule has 0 amide bonds. The van der Waals surface area contributed by atoms with Gasteiger partial charge in [0, 0.05) is 6.42 Å². The molecule has 1 fully saturated rings. The number of aldehydes is 1. The zero-order chi connectivity index (χ0) is 8.16. The molecule has 0 spiro atoms. The van der Waals surface area contributed by atoms with Gasteiger partial charge in [0.25, 0.3) is 0 Å². The van der Waals surface area contributed by atoms with Crippen molar-refractivity contribution in [2.45, 2.75) is 19.1 Å². The first kappa shape index (κ1) is 8.43. The summed E-state index contributed by atoms with van der Waals surface area (Å²) in [5.41, 5.74) is 0. The van der Waals surface area contributed by atoms with Crippen LogP contribution in [0.1, 0.15) is 13.3 Å². The summed E-state index contributed by atoms with van der Waals surface area (Å²) < 4.78 is 10.6. The lowest BCUT2D eigenvalue weighted by molar-refractivity contribution is -0.138. The van der Waals surface area contributed by atoms with Crippen LogP contribution in [0.15, 0.2) is 12.2 Å². The number of hydrogen-bond donors (Lipinski definition) is 0. The zero-order valence-corrected chi connectivity index (χ0v) is 6.58. The Labute approximate surface area is 66.0 Å². The fraction of sp³-hybridized carbons (Fsp3) is 0.625. The molecule has 0 aromatic rings. The number of allylic oxidation sites excluding steroid dienone is 1. The predicted octanol–water partition coefficient (Wildman–Crippen LogP) is 0.895. The van der Waals surface area contributed by atoms with Crippen molar-refractivity contribution in [2.75, 3.05) is 13.2 Å². The molecule has 0 atom stereocenters. The average Bonchev–Trinajstić information content (AvgIpc) is 2.38. The normalized spacial score (nSPS) is 22.6. The van der Waals surface area contributed by atoms with Crippen molar-refractivity contribution < 1.29 is 14.3 Å². The molecule has 11 heavy (non-hydrogen) atoms. The molecule has 1 rings (SSSR count). The second-order valence-electron chi connectivity index (χ2n) is 2.60. The van der Waals surface area contributed by atoms with Gasteiger partial charge in [-0.2, -0.15) is 0 Å². The van der Waals surface area contributed by atoms with Gasteiger partial charge >= 0.3 is 0 Å². The third-order valence-corrected chi connectivity index (χ3v) is 1.60. The van der Waals surface area contributed by atoms with E-state index in [4.69, 9.17) is 9.47 Å². The van der Waals surface area contributed by atoms with Gasteiger partial charge in [0.1, 0.15) is 6.29 Å². The van der Waals surface area contributed by atoms with Crippen LogP contribution in [0, 0.1) is 0 Å². The van der Waals surface area contributed by atoms with Crippen LogP contribution in [0.25, 0.3) is 0 Å². The summed E-state index contributed by atoms with van der Waals surface area (Å²) in [5.74, 6) is -0.500. The molecule has 62 valence electrons. The number of carbonyl (C=O) groups excluding carboxylic acids is 1. The van der Waals surface area contributed by atoms with E-state index in [1.807, 2.05) is 6.92 Å². The maximum absolute atomic E-state index is 9.91. The maximum atomic E-state index is 9.91. The van der Waals surface area contributed by atoms with Crippen molar-refractivity contribution in [3.05, 3.63) is 12.2 Å². The molecule has 0 N–H and O–H groups in total. The molecule has 0 aromatic carbocycles. The fourth-order valence-corrected chi connectivity index (χ4v) is 1.01. The highest BCUT2D eigenvalue weighted by atomic mass is 16.7. The van der Waals surface area contributed by atoms with Gasteiger partial charge in [-0.25, -0.2) is 0 Å². The van der Waals surface area contributed by atoms with Gasteiger partial charge in [-0.1, -0.05) is 6.08 Å². The Balaban J connectivity index is 2.33. The molecule has 0 aromatic heterocycles. The molecule has 3 heteroatoms. The number of hydrogen-bond acceptors (Lipinski definition) is 3. The Kier molecular flexibility index (Phi) is 2.79. The highest BCUT2D eigenvalue weighted by molar-refractivity contribution is 5.64. The highest BCUT2D eigenvalue weighted by Gasteiger charge is 2.28. The predicted molar refractivity (Wildman–Crippen MR) is 40.1 cm³/mol. The summed E-state index contributed by atoms with van der Waals surface area (Å²) in [5, 5.41) is 0. The van der Waals surface area contributed by atoms with E-state index < -0.39 is 5.79 Å². The van der Waals surface area contributed by atoms with Crippen LogP contribution < -0.4 is 0 Å². The van der Waals surface area contributed by atoms with E-state index in [9.17, 15) is 4.79 Å². The fourth-order valence-electron chi connectivity index (χ4n) is 1.01. The first-order valence-electron chi connectivity index (χ1n) is 3.65. The molecule has 1 heterocycles. The lowest BCUT2D eigenvalue weighted by atomic mass is 10.2. The Bertz CT molecular complexity index is 157. The van der Waals surface area contributed by atoms with Crippen LogP contribution in [0.2, 0.25) is 0 Å². The van der Waals surface area contributed by atoms with Crippen LogP contribution in [0.3, 0.4) is 0 Å². The van der Waals surface area contributed by atoms with E-state index >= 15 is 0 Å². The number of rotatable bonds is 3. The molecule has 1 aliphatic rings. The van der Waals surface area contributed by atoms with Crippen molar-refractivity contribution in [1.82, 2.24) is 0 Å². The molecule has 0 aliphatic carbocycles. The third kappa shape index (κ3) is 2.44. The van der Waals surface area contributed by atoms with Crippen LogP contribution >= 0.6 is 0 Å². The molecule has 0 radical (unpaired) electrons. The zero-order valence-electron chi connectivity index (χ0n) is 6.58.